The first-order chi connectivity index (χ1) is 5.07. The first-order valence-corrected chi connectivity index (χ1v) is 4.55. The monoisotopic (exact) mass is 157 g/mol. The summed E-state index contributed by atoms with van der Waals surface area (Å²) in [4.78, 5) is 0. The van der Waals surface area contributed by atoms with Gasteiger partial charge in [0, 0.05) is 6.04 Å². The minimum absolute atomic E-state index is 0.00347. The van der Waals surface area contributed by atoms with E-state index in [-0.39, 0.29) is 12.0 Å². The van der Waals surface area contributed by atoms with Gasteiger partial charge in [-0.2, -0.15) is 0 Å². The van der Waals surface area contributed by atoms with E-state index in [0.29, 0.717) is 0 Å². The summed E-state index contributed by atoms with van der Waals surface area (Å²) in [5, 5.41) is 10.1. The van der Waals surface area contributed by atoms with E-state index < -0.39 is 5.60 Å². The van der Waals surface area contributed by atoms with Crippen LogP contribution in [0.2, 0.25) is 0 Å². The largest absolute Gasteiger partial charge is 0.388 e. The molecule has 0 saturated heterocycles. The number of rotatable bonds is 1. The molecule has 0 aromatic rings. The Morgan fingerprint density at radius 2 is 2.09 bits per heavy atom. The molecule has 1 fully saturated rings. The zero-order valence-electron chi connectivity index (χ0n) is 7.51. The minimum Gasteiger partial charge on any atom is -0.388 e. The molecule has 0 radical (unpaired) electrons. The molecular formula is C9H19NO. The van der Waals surface area contributed by atoms with Crippen LogP contribution < -0.4 is 5.73 Å². The lowest BCUT2D eigenvalue weighted by atomic mass is 9.74. The van der Waals surface area contributed by atoms with E-state index in [1.54, 1.807) is 0 Å². The molecule has 1 aliphatic carbocycles. The summed E-state index contributed by atoms with van der Waals surface area (Å²) in [7, 11) is 0. The number of aliphatic hydroxyl groups is 1. The van der Waals surface area contributed by atoms with Crippen molar-refractivity contribution >= 4 is 0 Å². The summed E-state index contributed by atoms with van der Waals surface area (Å²) in [6.45, 7) is 4.09. The van der Waals surface area contributed by atoms with Crippen molar-refractivity contribution in [3.63, 3.8) is 0 Å². The summed E-state index contributed by atoms with van der Waals surface area (Å²) in [5.41, 5.74) is 5.28. The molecule has 2 unspecified atom stereocenters. The van der Waals surface area contributed by atoms with Crippen LogP contribution in [0, 0.1) is 5.92 Å². The van der Waals surface area contributed by atoms with Crippen LogP contribution in [0.25, 0.3) is 0 Å². The molecule has 0 spiro atoms. The summed E-state index contributed by atoms with van der Waals surface area (Å²) >= 11 is 0. The van der Waals surface area contributed by atoms with Crippen LogP contribution in [-0.2, 0) is 0 Å². The first-order valence-electron chi connectivity index (χ1n) is 4.55. The second-order valence-electron chi connectivity index (χ2n) is 4.00. The van der Waals surface area contributed by atoms with Crippen LogP contribution in [-0.4, -0.2) is 16.7 Å². The Labute approximate surface area is 68.8 Å². The standard InChI is InChI=1S/C9H19NO/c1-7(2)9(11)6-4-3-5-8(9)10/h7-8,11H,3-6,10H2,1-2H3. The second-order valence-corrected chi connectivity index (χ2v) is 4.00. The highest BCUT2D eigenvalue weighted by molar-refractivity contribution is 4.94. The van der Waals surface area contributed by atoms with Crippen LogP contribution in [0.1, 0.15) is 39.5 Å². The molecule has 0 heterocycles. The van der Waals surface area contributed by atoms with Gasteiger partial charge >= 0.3 is 0 Å². The summed E-state index contributed by atoms with van der Waals surface area (Å²) < 4.78 is 0. The van der Waals surface area contributed by atoms with E-state index in [0.717, 1.165) is 19.3 Å². The third-order valence-corrected chi connectivity index (χ3v) is 2.98. The highest BCUT2D eigenvalue weighted by atomic mass is 16.3. The van der Waals surface area contributed by atoms with Crippen molar-refractivity contribution in [2.24, 2.45) is 11.7 Å². The Morgan fingerprint density at radius 3 is 2.45 bits per heavy atom. The van der Waals surface area contributed by atoms with Gasteiger partial charge in [-0.3, -0.25) is 0 Å². The third kappa shape index (κ3) is 1.57. The Balaban J connectivity index is 2.64. The molecule has 1 rings (SSSR count). The molecule has 66 valence electrons. The van der Waals surface area contributed by atoms with Crippen molar-refractivity contribution in [1.29, 1.82) is 0 Å². The summed E-state index contributed by atoms with van der Waals surface area (Å²) in [5.74, 6) is 0.290. The molecule has 1 saturated carbocycles. The van der Waals surface area contributed by atoms with Gasteiger partial charge in [0.1, 0.15) is 0 Å². The van der Waals surface area contributed by atoms with E-state index >= 15 is 0 Å². The summed E-state index contributed by atoms with van der Waals surface area (Å²) in [6, 6.07) is -0.00347. The van der Waals surface area contributed by atoms with Gasteiger partial charge in [-0.05, 0) is 18.8 Å². The van der Waals surface area contributed by atoms with E-state index in [4.69, 9.17) is 5.73 Å². The van der Waals surface area contributed by atoms with Gasteiger partial charge in [0.25, 0.3) is 0 Å². The van der Waals surface area contributed by atoms with E-state index in [2.05, 4.69) is 0 Å². The average Bonchev–Trinajstić information content (AvgIpc) is 1.95. The Kier molecular flexibility index (Phi) is 2.55. The number of hydrogen-bond acceptors (Lipinski definition) is 2. The van der Waals surface area contributed by atoms with Gasteiger partial charge in [0.15, 0.2) is 0 Å². The quantitative estimate of drug-likeness (QED) is 0.602. The molecule has 0 aromatic heterocycles. The van der Waals surface area contributed by atoms with E-state index in [9.17, 15) is 5.11 Å². The predicted molar refractivity (Wildman–Crippen MR) is 46.2 cm³/mol. The topological polar surface area (TPSA) is 46.2 Å². The average molecular weight is 157 g/mol. The molecule has 2 atom stereocenters. The van der Waals surface area contributed by atoms with Crippen LogP contribution >= 0.6 is 0 Å². The lowest BCUT2D eigenvalue weighted by molar-refractivity contribution is -0.0531. The minimum atomic E-state index is -0.585. The second kappa shape index (κ2) is 3.11. The maximum atomic E-state index is 10.1. The van der Waals surface area contributed by atoms with Gasteiger partial charge in [-0.1, -0.05) is 26.7 Å². The van der Waals surface area contributed by atoms with Crippen molar-refractivity contribution in [1.82, 2.24) is 0 Å². The molecule has 3 N–H and O–H groups in total. The lowest BCUT2D eigenvalue weighted by Crippen LogP contribution is -2.53. The fourth-order valence-corrected chi connectivity index (χ4v) is 1.92. The number of hydrogen-bond donors (Lipinski definition) is 2. The molecule has 2 nitrogen and oxygen atoms in total. The molecular weight excluding hydrogens is 138 g/mol. The highest BCUT2D eigenvalue weighted by Gasteiger charge is 2.38. The van der Waals surface area contributed by atoms with Gasteiger partial charge in [0.05, 0.1) is 5.60 Å². The van der Waals surface area contributed by atoms with Crippen LogP contribution in [0.15, 0.2) is 0 Å². The Morgan fingerprint density at radius 1 is 1.45 bits per heavy atom. The van der Waals surface area contributed by atoms with E-state index in [1.807, 2.05) is 13.8 Å². The molecule has 0 amide bonds. The Hall–Kier alpha value is -0.0800. The van der Waals surface area contributed by atoms with Crippen LogP contribution in [0.5, 0.6) is 0 Å². The van der Waals surface area contributed by atoms with Crippen molar-refractivity contribution in [2.75, 3.05) is 0 Å². The van der Waals surface area contributed by atoms with Gasteiger partial charge in [-0.15, -0.1) is 0 Å². The lowest BCUT2D eigenvalue weighted by Gasteiger charge is -2.41. The van der Waals surface area contributed by atoms with Crippen LogP contribution in [0.3, 0.4) is 0 Å². The van der Waals surface area contributed by atoms with Crippen molar-refractivity contribution in [2.45, 2.75) is 51.2 Å². The normalized spacial score (nSPS) is 39.5. The zero-order chi connectivity index (χ0) is 8.48. The van der Waals surface area contributed by atoms with Crippen molar-refractivity contribution in [3.05, 3.63) is 0 Å². The van der Waals surface area contributed by atoms with Gasteiger partial charge < -0.3 is 10.8 Å². The number of nitrogens with two attached hydrogens (primary N) is 1. The smallest absolute Gasteiger partial charge is 0.0820 e. The van der Waals surface area contributed by atoms with Gasteiger partial charge in [0.2, 0.25) is 0 Å². The fourth-order valence-electron chi connectivity index (χ4n) is 1.92. The molecule has 0 bridgehead atoms. The maximum Gasteiger partial charge on any atom is 0.0820 e. The molecule has 0 aromatic carbocycles. The maximum absolute atomic E-state index is 10.1. The molecule has 11 heavy (non-hydrogen) atoms. The van der Waals surface area contributed by atoms with Crippen LogP contribution in [0.4, 0.5) is 0 Å². The molecule has 2 heteroatoms. The molecule has 1 aliphatic rings. The fraction of sp³-hybridized carbons (Fsp3) is 1.00. The van der Waals surface area contributed by atoms with Gasteiger partial charge in [-0.25, -0.2) is 0 Å². The van der Waals surface area contributed by atoms with Crippen molar-refractivity contribution < 1.29 is 5.11 Å². The zero-order valence-corrected chi connectivity index (χ0v) is 7.51. The Bertz CT molecular complexity index is 136. The van der Waals surface area contributed by atoms with Crippen molar-refractivity contribution in [3.8, 4) is 0 Å². The molecule has 0 aliphatic heterocycles. The highest BCUT2D eigenvalue weighted by Crippen LogP contribution is 2.33. The summed E-state index contributed by atoms with van der Waals surface area (Å²) in [6.07, 6.45) is 4.17. The first kappa shape index (κ1) is 9.01. The third-order valence-electron chi connectivity index (χ3n) is 2.98. The predicted octanol–water partition coefficient (Wildman–Crippen LogP) is 1.27. The SMILES string of the molecule is CC(C)C1(O)CCCCC1N. The van der Waals surface area contributed by atoms with E-state index in [1.165, 1.54) is 6.42 Å².